The van der Waals surface area contributed by atoms with Crippen molar-refractivity contribution in [2.45, 2.75) is 46.0 Å². The highest BCUT2D eigenvalue weighted by atomic mass is 16.5. The smallest absolute Gasteiger partial charge is 0.338 e. The Labute approximate surface area is 179 Å². The van der Waals surface area contributed by atoms with Crippen LogP contribution in [0.2, 0.25) is 0 Å². The van der Waals surface area contributed by atoms with Gasteiger partial charge in [-0.2, -0.15) is 0 Å². The number of esters is 2. The number of rotatable bonds is 8. The molecule has 1 aliphatic carbocycles. The van der Waals surface area contributed by atoms with Gasteiger partial charge in [-0.05, 0) is 48.9 Å². The average Bonchev–Trinajstić information content (AvgIpc) is 2.80. The van der Waals surface area contributed by atoms with Crippen LogP contribution in [0, 0.1) is 17.3 Å². The molecule has 1 fully saturated rings. The summed E-state index contributed by atoms with van der Waals surface area (Å²) in [5.41, 5.74) is 0.690. The minimum Gasteiger partial charge on any atom is -0.461 e. The zero-order chi connectivity index (χ0) is 21.4. The monoisotopic (exact) mass is 408 g/mol. The molecule has 1 aliphatic rings. The van der Waals surface area contributed by atoms with Crippen LogP contribution in [0.4, 0.5) is 0 Å². The van der Waals surface area contributed by atoms with Gasteiger partial charge >= 0.3 is 11.9 Å². The average molecular weight is 409 g/mol. The van der Waals surface area contributed by atoms with Gasteiger partial charge in [-0.15, -0.1) is 0 Å². The quantitative estimate of drug-likeness (QED) is 0.509. The molecule has 0 heterocycles. The summed E-state index contributed by atoms with van der Waals surface area (Å²) in [6, 6.07) is 18.1. The number of carbonyl (C=O) groups excluding carboxylic acids is 2. The summed E-state index contributed by atoms with van der Waals surface area (Å²) < 4.78 is 11.6. The number of hydrogen-bond donors (Lipinski definition) is 0. The van der Waals surface area contributed by atoms with Crippen LogP contribution in [0.25, 0.3) is 0 Å². The summed E-state index contributed by atoms with van der Waals surface area (Å²) in [6.45, 7) is 4.79. The fourth-order valence-electron chi connectivity index (χ4n) is 4.47. The van der Waals surface area contributed by atoms with Gasteiger partial charge in [0.05, 0.1) is 11.1 Å². The molecule has 0 unspecified atom stereocenters. The van der Waals surface area contributed by atoms with Crippen LogP contribution in [0.15, 0.2) is 60.7 Å². The molecule has 0 saturated heterocycles. The molecule has 0 aromatic heterocycles. The Morgan fingerprint density at radius 2 is 1.23 bits per heavy atom. The second-order valence-corrected chi connectivity index (χ2v) is 8.61. The minimum atomic E-state index is -0.394. The van der Waals surface area contributed by atoms with Gasteiger partial charge in [-0.1, -0.05) is 69.5 Å². The molecule has 1 saturated carbocycles. The first-order chi connectivity index (χ1) is 14.5. The lowest BCUT2D eigenvalue weighted by atomic mass is 9.63. The number of carbonyl (C=O) groups is 2. The van der Waals surface area contributed by atoms with Crippen LogP contribution >= 0.6 is 0 Å². The van der Waals surface area contributed by atoms with E-state index in [-0.39, 0.29) is 31.1 Å². The molecule has 0 spiro atoms. The Balaban J connectivity index is 1.77. The molecule has 0 bridgehead atoms. The first kappa shape index (κ1) is 22.1. The van der Waals surface area contributed by atoms with Crippen molar-refractivity contribution in [1.82, 2.24) is 0 Å². The summed E-state index contributed by atoms with van der Waals surface area (Å²) in [4.78, 5) is 25.3. The van der Waals surface area contributed by atoms with E-state index in [2.05, 4.69) is 13.8 Å². The summed E-state index contributed by atoms with van der Waals surface area (Å²) in [5, 5.41) is 0. The molecule has 0 N–H and O–H groups in total. The van der Waals surface area contributed by atoms with Crippen LogP contribution in [0.1, 0.15) is 66.7 Å². The van der Waals surface area contributed by atoms with Crippen LogP contribution in [-0.4, -0.2) is 25.2 Å². The molecule has 2 aromatic rings. The first-order valence-corrected chi connectivity index (χ1v) is 11.0. The molecule has 0 aliphatic heterocycles. The van der Waals surface area contributed by atoms with Crippen molar-refractivity contribution < 1.29 is 19.1 Å². The van der Waals surface area contributed by atoms with Crippen molar-refractivity contribution in [3.63, 3.8) is 0 Å². The fourth-order valence-corrected chi connectivity index (χ4v) is 4.47. The van der Waals surface area contributed by atoms with Crippen molar-refractivity contribution >= 4 is 11.9 Å². The number of hydrogen-bond acceptors (Lipinski definition) is 4. The van der Waals surface area contributed by atoms with E-state index in [4.69, 9.17) is 9.47 Å². The third-order valence-corrected chi connectivity index (χ3v) is 6.53. The Morgan fingerprint density at radius 1 is 0.800 bits per heavy atom. The standard InChI is InChI=1S/C26H32O4/c1-20(2)26(23-16-10-5-11-17-23,18-29-24(27)21-12-6-3-7-13-21)19-30-25(28)22-14-8-4-9-15-22/h3-4,6-9,12-15,20,23H,5,10-11,16-19H2,1-2H3. The Kier molecular flexibility index (Phi) is 7.67. The number of ether oxygens (including phenoxy) is 2. The highest BCUT2D eigenvalue weighted by Crippen LogP contribution is 2.44. The predicted octanol–water partition coefficient (Wildman–Crippen LogP) is 5.92. The van der Waals surface area contributed by atoms with E-state index < -0.39 is 5.41 Å². The van der Waals surface area contributed by atoms with Gasteiger partial charge in [0.25, 0.3) is 0 Å². The van der Waals surface area contributed by atoms with Gasteiger partial charge in [0, 0.05) is 5.41 Å². The third-order valence-electron chi connectivity index (χ3n) is 6.53. The lowest BCUT2D eigenvalue weighted by Crippen LogP contribution is -2.46. The van der Waals surface area contributed by atoms with Crippen molar-refractivity contribution in [2.75, 3.05) is 13.2 Å². The summed E-state index contributed by atoms with van der Waals surface area (Å²) in [6.07, 6.45) is 5.71. The van der Waals surface area contributed by atoms with E-state index in [1.165, 1.54) is 19.3 Å². The zero-order valence-electron chi connectivity index (χ0n) is 18.0. The maximum atomic E-state index is 12.6. The lowest BCUT2D eigenvalue weighted by Gasteiger charge is -2.44. The highest BCUT2D eigenvalue weighted by molar-refractivity contribution is 5.89. The molecular formula is C26H32O4. The minimum absolute atomic E-state index is 0.202. The zero-order valence-corrected chi connectivity index (χ0v) is 18.0. The third kappa shape index (κ3) is 5.29. The summed E-state index contributed by atoms with van der Waals surface area (Å²) in [5.74, 6) is -0.0946. The summed E-state index contributed by atoms with van der Waals surface area (Å²) in [7, 11) is 0. The van der Waals surface area contributed by atoms with E-state index in [1.54, 1.807) is 24.3 Å². The fraction of sp³-hybridized carbons (Fsp3) is 0.462. The topological polar surface area (TPSA) is 52.6 Å². The Bertz CT molecular complexity index is 752. The van der Waals surface area contributed by atoms with Gasteiger partial charge in [0.2, 0.25) is 0 Å². The van der Waals surface area contributed by atoms with Gasteiger partial charge in [-0.25, -0.2) is 9.59 Å². The van der Waals surface area contributed by atoms with Crippen LogP contribution in [0.3, 0.4) is 0 Å². The number of benzene rings is 2. The van der Waals surface area contributed by atoms with Crippen molar-refractivity contribution in [3.8, 4) is 0 Å². The van der Waals surface area contributed by atoms with Crippen molar-refractivity contribution in [3.05, 3.63) is 71.8 Å². The van der Waals surface area contributed by atoms with Gasteiger partial charge in [-0.3, -0.25) is 0 Å². The largest absolute Gasteiger partial charge is 0.461 e. The lowest BCUT2D eigenvalue weighted by molar-refractivity contribution is -0.0640. The second kappa shape index (κ2) is 10.4. The first-order valence-electron chi connectivity index (χ1n) is 11.0. The van der Waals surface area contributed by atoms with Crippen LogP contribution in [-0.2, 0) is 9.47 Å². The SMILES string of the molecule is CC(C)C(COC(=O)c1ccccc1)(COC(=O)c1ccccc1)C1CCCCC1. The van der Waals surface area contributed by atoms with Crippen LogP contribution in [0.5, 0.6) is 0 Å². The second-order valence-electron chi connectivity index (χ2n) is 8.61. The maximum absolute atomic E-state index is 12.6. The highest BCUT2D eigenvalue weighted by Gasteiger charge is 2.44. The molecule has 0 radical (unpaired) electrons. The van der Waals surface area contributed by atoms with E-state index in [9.17, 15) is 9.59 Å². The molecule has 30 heavy (non-hydrogen) atoms. The van der Waals surface area contributed by atoms with Gasteiger partial charge in [0.15, 0.2) is 0 Å². The van der Waals surface area contributed by atoms with E-state index >= 15 is 0 Å². The molecule has 4 nitrogen and oxygen atoms in total. The maximum Gasteiger partial charge on any atom is 0.338 e. The van der Waals surface area contributed by atoms with Crippen LogP contribution < -0.4 is 0 Å². The molecule has 3 rings (SSSR count). The van der Waals surface area contributed by atoms with E-state index in [0.29, 0.717) is 17.0 Å². The summed E-state index contributed by atoms with van der Waals surface area (Å²) >= 11 is 0. The Hall–Kier alpha value is -2.62. The van der Waals surface area contributed by atoms with Crippen molar-refractivity contribution in [1.29, 1.82) is 0 Å². The van der Waals surface area contributed by atoms with E-state index in [1.807, 2.05) is 36.4 Å². The molecule has 4 heteroatoms. The normalized spacial score (nSPS) is 15.0. The molecule has 0 amide bonds. The molecule has 160 valence electrons. The molecular weight excluding hydrogens is 376 g/mol. The predicted molar refractivity (Wildman–Crippen MR) is 117 cm³/mol. The molecule has 0 atom stereocenters. The van der Waals surface area contributed by atoms with Gasteiger partial charge in [0.1, 0.15) is 13.2 Å². The van der Waals surface area contributed by atoms with Gasteiger partial charge < -0.3 is 9.47 Å². The van der Waals surface area contributed by atoms with E-state index in [0.717, 1.165) is 12.8 Å². The Morgan fingerprint density at radius 3 is 1.63 bits per heavy atom. The molecule has 2 aromatic carbocycles. The van der Waals surface area contributed by atoms with Crippen molar-refractivity contribution in [2.24, 2.45) is 17.3 Å².